The number of benzene rings is 2. The molecular formula is C32H50O2. The van der Waals surface area contributed by atoms with Crippen molar-refractivity contribution in [3.05, 3.63) is 57.6 Å². The second-order valence-electron chi connectivity index (χ2n) is 10.7. The summed E-state index contributed by atoms with van der Waals surface area (Å²) in [5.41, 5.74) is 6.94. The van der Waals surface area contributed by atoms with Crippen molar-refractivity contribution < 1.29 is 10.2 Å². The van der Waals surface area contributed by atoms with Crippen LogP contribution >= 0.6 is 0 Å². The number of phenolic OH excluding ortho intramolecular Hbond substituents is 2. The fourth-order valence-corrected chi connectivity index (χ4v) is 5.01. The summed E-state index contributed by atoms with van der Waals surface area (Å²) in [6.45, 7) is 19.9. The van der Waals surface area contributed by atoms with Crippen LogP contribution in [0.4, 0.5) is 0 Å². The molecule has 190 valence electrons. The van der Waals surface area contributed by atoms with Crippen molar-refractivity contribution in [3.8, 4) is 11.5 Å². The van der Waals surface area contributed by atoms with Crippen molar-refractivity contribution in [1.82, 2.24) is 0 Å². The third kappa shape index (κ3) is 5.99. The molecule has 0 spiro atoms. The molecule has 34 heavy (non-hydrogen) atoms. The second-order valence-corrected chi connectivity index (χ2v) is 10.7. The van der Waals surface area contributed by atoms with Crippen molar-refractivity contribution in [2.75, 3.05) is 0 Å². The summed E-state index contributed by atoms with van der Waals surface area (Å²) in [5, 5.41) is 22.4. The Morgan fingerprint density at radius 2 is 0.794 bits per heavy atom. The first-order valence-electron chi connectivity index (χ1n) is 13.9. The van der Waals surface area contributed by atoms with Gasteiger partial charge in [-0.2, -0.15) is 0 Å². The summed E-state index contributed by atoms with van der Waals surface area (Å²) in [5.74, 6) is 2.50. The van der Waals surface area contributed by atoms with E-state index < -0.39 is 0 Å². The average Bonchev–Trinajstić information content (AvgIpc) is 2.85. The zero-order valence-electron chi connectivity index (χ0n) is 23.3. The Kier molecular flexibility index (Phi) is 10.5. The van der Waals surface area contributed by atoms with Gasteiger partial charge in [-0.15, -0.1) is 0 Å². The molecular weight excluding hydrogens is 416 g/mol. The Bertz CT molecular complexity index is 793. The van der Waals surface area contributed by atoms with Gasteiger partial charge in [-0.3, -0.25) is 0 Å². The highest BCUT2D eigenvalue weighted by Crippen LogP contribution is 2.44. The predicted octanol–water partition coefficient (Wildman–Crippen LogP) is 10.1. The van der Waals surface area contributed by atoms with Gasteiger partial charge in [0.2, 0.25) is 0 Å². The lowest BCUT2D eigenvalue weighted by molar-refractivity contribution is 0.447. The summed E-state index contributed by atoms with van der Waals surface area (Å²) < 4.78 is 0. The van der Waals surface area contributed by atoms with Crippen LogP contribution in [0.3, 0.4) is 0 Å². The molecule has 4 unspecified atom stereocenters. The normalized spacial score (nSPS) is 16.1. The third-order valence-electron chi connectivity index (χ3n) is 8.34. The predicted molar refractivity (Wildman–Crippen MR) is 148 cm³/mol. The van der Waals surface area contributed by atoms with E-state index in [2.05, 4.69) is 86.6 Å². The summed E-state index contributed by atoms with van der Waals surface area (Å²) in [6.07, 6.45) is 6.15. The number of rotatable bonds is 12. The molecule has 2 nitrogen and oxygen atoms in total. The fourth-order valence-electron chi connectivity index (χ4n) is 5.01. The zero-order valence-corrected chi connectivity index (χ0v) is 23.3. The smallest absolute Gasteiger partial charge is 0.122 e. The fraction of sp³-hybridized carbons (Fsp3) is 0.625. The van der Waals surface area contributed by atoms with Crippen molar-refractivity contribution >= 4 is 0 Å². The highest BCUT2D eigenvalue weighted by Gasteiger charge is 2.25. The van der Waals surface area contributed by atoms with Crippen molar-refractivity contribution in [3.63, 3.8) is 0 Å². The van der Waals surface area contributed by atoms with Gasteiger partial charge >= 0.3 is 0 Å². The highest BCUT2D eigenvalue weighted by molar-refractivity contribution is 5.53. The molecule has 0 heterocycles. The standard InChI is InChI=1S/C32H50O2/c1-10-15-26(24-16-27(20(6)11-2)31(33)28(17-24)21(7)12-3)25-18-29(22(8)13-4)32(34)30(19-25)23(9)14-5/h16-23,26,33-34H,10-15H2,1-9H3. The first kappa shape index (κ1) is 28.3. The third-order valence-corrected chi connectivity index (χ3v) is 8.34. The van der Waals surface area contributed by atoms with Gasteiger partial charge < -0.3 is 10.2 Å². The van der Waals surface area contributed by atoms with Crippen molar-refractivity contribution in [2.24, 2.45) is 0 Å². The molecule has 0 aliphatic heterocycles. The van der Waals surface area contributed by atoms with Crippen LogP contribution < -0.4 is 0 Å². The van der Waals surface area contributed by atoms with Gasteiger partial charge in [0.25, 0.3) is 0 Å². The molecule has 2 aromatic carbocycles. The lowest BCUT2D eigenvalue weighted by atomic mass is 9.79. The van der Waals surface area contributed by atoms with Crippen LogP contribution in [0.5, 0.6) is 11.5 Å². The van der Waals surface area contributed by atoms with Crippen LogP contribution in [0.2, 0.25) is 0 Å². The molecule has 0 saturated heterocycles. The van der Waals surface area contributed by atoms with E-state index in [0.717, 1.165) is 60.8 Å². The topological polar surface area (TPSA) is 40.5 Å². The van der Waals surface area contributed by atoms with Gasteiger partial charge in [0, 0.05) is 5.92 Å². The molecule has 2 heteroatoms. The van der Waals surface area contributed by atoms with E-state index in [1.165, 1.54) is 11.1 Å². The average molecular weight is 467 g/mol. The van der Waals surface area contributed by atoms with E-state index in [0.29, 0.717) is 35.2 Å². The molecule has 0 radical (unpaired) electrons. The lowest BCUT2D eigenvalue weighted by Crippen LogP contribution is -2.09. The Hall–Kier alpha value is -1.96. The first-order valence-corrected chi connectivity index (χ1v) is 13.9. The SMILES string of the molecule is CCCC(c1cc(C(C)CC)c(O)c(C(C)CC)c1)c1cc(C(C)CC)c(O)c(C(C)CC)c1. The zero-order chi connectivity index (χ0) is 25.6. The Morgan fingerprint density at radius 1 is 0.529 bits per heavy atom. The van der Waals surface area contributed by atoms with Gasteiger partial charge in [-0.1, -0.05) is 93.0 Å². The van der Waals surface area contributed by atoms with Gasteiger partial charge in [-0.05, 0) is 89.2 Å². The number of hydrogen-bond acceptors (Lipinski definition) is 2. The minimum absolute atomic E-state index is 0.252. The maximum Gasteiger partial charge on any atom is 0.122 e. The molecule has 0 saturated carbocycles. The van der Waals surface area contributed by atoms with E-state index >= 15 is 0 Å². The van der Waals surface area contributed by atoms with Crippen LogP contribution in [0.25, 0.3) is 0 Å². The summed E-state index contributed by atoms with van der Waals surface area (Å²) in [6, 6.07) is 9.09. The Labute approximate surface area is 209 Å². The monoisotopic (exact) mass is 466 g/mol. The maximum absolute atomic E-state index is 11.2. The van der Waals surface area contributed by atoms with Crippen molar-refractivity contribution in [2.45, 2.75) is 130 Å². The van der Waals surface area contributed by atoms with Gasteiger partial charge in [-0.25, -0.2) is 0 Å². The van der Waals surface area contributed by atoms with E-state index in [4.69, 9.17) is 0 Å². The summed E-state index contributed by atoms with van der Waals surface area (Å²) in [7, 11) is 0. The summed E-state index contributed by atoms with van der Waals surface area (Å²) >= 11 is 0. The molecule has 2 aromatic rings. The van der Waals surface area contributed by atoms with E-state index in [9.17, 15) is 10.2 Å². The molecule has 0 bridgehead atoms. The maximum atomic E-state index is 11.2. The van der Waals surface area contributed by atoms with Gasteiger partial charge in [0.1, 0.15) is 11.5 Å². The minimum atomic E-state index is 0.252. The van der Waals surface area contributed by atoms with Crippen LogP contribution in [-0.4, -0.2) is 10.2 Å². The van der Waals surface area contributed by atoms with Crippen LogP contribution in [-0.2, 0) is 0 Å². The van der Waals surface area contributed by atoms with E-state index in [1.54, 1.807) is 0 Å². The molecule has 0 aliphatic rings. The number of hydrogen-bond donors (Lipinski definition) is 2. The molecule has 0 aliphatic carbocycles. The van der Waals surface area contributed by atoms with Gasteiger partial charge in [0.05, 0.1) is 0 Å². The Balaban J connectivity index is 2.82. The highest BCUT2D eigenvalue weighted by atomic mass is 16.3. The van der Waals surface area contributed by atoms with E-state index in [-0.39, 0.29) is 5.92 Å². The van der Waals surface area contributed by atoms with Crippen molar-refractivity contribution in [1.29, 1.82) is 0 Å². The second kappa shape index (κ2) is 12.7. The van der Waals surface area contributed by atoms with Crippen LogP contribution in [0, 0.1) is 0 Å². The first-order chi connectivity index (χ1) is 16.1. The lowest BCUT2D eigenvalue weighted by Gasteiger charge is -2.27. The van der Waals surface area contributed by atoms with Crippen LogP contribution in [0.1, 0.15) is 164 Å². The van der Waals surface area contributed by atoms with E-state index in [1.807, 2.05) is 0 Å². The molecule has 0 amide bonds. The molecule has 0 aromatic heterocycles. The number of aromatic hydroxyl groups is 2. The molecule has 2 N–H and O–H groups in total. The van der Waals surface area contributed by atoms with Crippen LogP contribution in [0.15, 0.2) is 24.3 Å². The minimum Gasteiger partial charge on any atom is -0.507 e. The quantitative estimate of drug-likeness (QED) is 0.326. The molecule has 0 fully saturated rings. The Morgan fingerprint density at radius 3 is 1.00 bits per heavy atom. The summed E-state index contributed by atoms with van der Waals surface area (Å²) in [4.78, 5) is 0. The molecule has 4 atom stereocenters. The largest absolute Gasteiger partial charge is 0.507 e. The van der Waals surface area contributed by atoms with Gasteiger partial charge in [0.15, 0.2) is 0 Å². The number of phenols is 2. The molecule has 2 rings (SSSR count).